The van der Waals surface area contributed by atoms with Gasteiger partial charge in [-0.3, -0.25) is 0 Å². The van der Waals surface area contributed by atoms with Crippen LogP contribution in [0.4, 0.5) is 0 Å². The summed E-state index contributed by atoms with van der Waals surface area (Å²) in [6.45, 7) is 4.37. The summed E-state index contributed by atoms with van der Waals surface area (Å²) in [6.07, 6.45) is 2.02. The van der Waals surface area contributed by atoms with Gasteiger partial charge in [0.25, 0.3) is 0 Å². The summed E-state index contributed by atoms with van der Waals surface area (Å²) in [5.74, 6) is 0. The zero-order chi connectivity index (χ0) is 13.4. The van der Waals surface area contributed by atoms with E-state index in [1.807, 2.05) is 0 Å². The van der Waals surface area contributed by atoms with Gasteiger partial charge in [-0.2, -0.15) is 0 Å². The second-order valence-corrected chi connectivity index (χ2v) is 5.33. The lowest BCUT2D eigenvalue weighted by molar-refractivity contribution is 1.04. The molecule has 0 radical (unpaired) electrons. The molecule has 0 amide bonds. The van der Waals surface area contributed by atoms with Crippen LogP contribution < -0.4 is 0 Å². The molecule has 0 fully saturated rings. The number of fused-ring (bicyclic) bond motifs is 2. The Morgan fingerprint density at radius 1 is 0.842 bits per heavy atom. The minimum absolute atomic E-state index is 0.933. The van der Waals surface area contributed by atoms with Crippen molar-refractivity contribution in [3.05, 3.63) is 58.6 Å². The zero-order valence-electron chi connectivity index (χ0n) is 11.3. The van der Waals surface area contributed by atoms with Crippen molar-refractivity contribution in [1.82, 2.24) is 0 Å². The summed E-state index contributed by atoms with van der Waals surface area (Å²) in [5, 5.41) is 5.88. The summed E-state index contributed by atoms with van der Waals surface area (Å²) in [7, 11) is 0. The Bertz CT molecular complexity index is 756. The number of halogens is 1. The summed E-state index contributed by atoms with van der Waals surface area (Å²) in [5.41, 5.74) is 2.67. The van der Waals surface area contributed by atoms with Crippen LogP contribution in [0.15, 0.2) is 42.5 Å². The van der Waals surface area contributed by atoms with Crippen LogP contribution in [0.2, 0.25) is 5.02 Å². The summed E-state index contributed by atoms with van der Waals surface area (Å²) in [4.78, 5) is 0. The second-order valence-electron chi connectivity index (χ2n) is 4.96. The third-order valence-corrected chi connectivity index (χ3v) is 4.30. The van der Waals surface area contributed by atoms with E-state index >= 15 is 0 Å². The molecule has 0 bridgehead atoms. The van der Waals surface area contributed by atoms with Crippen LogP contribution in [0.25, 0.3) is 21.5 Å². The molecule has 0 atom stereocenters. The highest BCUT2D eigenvalue weighted by Gasteiger charge is 2.10. The molecule has 19 heavy (non-hydrogen) atoms. The van der Waals surface area contributed by atoms with Gasteiger partial charge in [0.1, 0.15) is 0 Å². The van der Waals surface area contributed by atoms with Gasteiger partial charge in [-0.25, -0.2) is 0 Å². The van der Waals surface area contributed by atoms with Crippen molar-refractivity contribution in [2.24, 2.45) is 0 Å². The molecular formula is C18H17Cl. The maximum Gasteiger partial charge on any atom is 0.0519 e. The predicted molar refractivity (Wildman–Crippen MR) is 85.2 cm³/mol. The fourth-order valence-corrected chi connectivity index (χ4v) is 3.26. The van der Waals surface area contributed by atoms with Crippen LogP contribution >= 0.6 is 11.6 Å². The van der Waals surface area contributed by atoms with Gasteiger partial charge < -0.3 is 0 Å². The molecule has 0 aliphatic rings. The molecule has 0 saturated carbocycles. The van der Waals surface area contributed by atoms with Crippen molar-refractivity contribution >= 4 is 33.1 Å². The number of hydrogen-bond acceptors (Lipinski definition) is 0. The topological polar surface area (TPSA) is 0 Å². The Labute approximate surface area is 119 Å². The van der Waals surface area contributed by atoms with Crippen molar-refractivity contribution < 1.29 is 0 Å². The molecule has 0 aliphatic carbocycles. The van der Waals surface area contributed by atoms with Crippen LogP contribution in [0.5, 0.6) is 0 Å². The summed E-state index contributed by atoms with van der Waals surface area (Å²) in [6, 6.07) is 15.2. The highest BCUT2D eigenvalue weighted by molar-refractivity contribution is 6.36. The molecule has 0 aromatic heterocycles. The Kier molecular flexibility index (Phi) is 3.20. The average molecular weight is 269 g/mol. The van der Waals surface area contributed by atoms with Gasteiger partial charge in [-0.1, -0.05) is 55.8 Å². The van der Waals surface area contributed by atoms with Crippen LogP contribution in [0, 0.1) is 0 Å². The van der Waals surface area contributed by atoms with E-state index in [1.165, 1.54) is 32.7 Å². The minimum Gasteiger partial charge on any atom is -0.0834 e. The largest absolute Gasteiger partial charge is 0.0834 e. The number of aryl methyl sites for hydroxylation is 1. The van der Waals surface area contributed by atoms with E-state index in [2.05, 4.69) is 56.3 Å². The Balaban J connectivity index is 2.44. The van der Waals surface area contributed by atoms with Crippen LogP contribution in [0.3, 0.4) is 0 Å². The first kappa shape index (κ1) is 12.5. The van der Waals surface area contributed by atoms with E-state index in [0.29, 0.717) is 0 Å². The maximum atomic E-state index is 6.63. The molecule has 0 saturated heterocycles. The molecule has 0 heterocycles. The van der Waals surface area contributed by atoms with Crippen molar-refractivity contribution in [3.8, 4) is 0 Å². The molecule has 0 spiro atoms. The van der Waals surface area contributed by atoms with E-state index in [4.69, 9.17) is 11.6 Å². The van der Waals surface area contributed by atoms with Gasteiger partial charge in [0.15, 0.2) is 0 Å². The van der Waals surface area contributed by atoms with E-state index in [0.717, 1.165) is 17.9 Å². The molecule has 96 valence electrons. The fourth-order valence-electron chi connectivity index (χ4n) is 2.84. The Hall–Kier alpha value is -1.53. The highest BCUT2D eigenvalue weighted by Crippen LogP contribution is 2.33. The first-order valence-electron chi connectivity index (χ1n) is 6.87. The quantitative estimate of drug-likeness (QED) is 0.518. The predicted octanol–water partition coefficient (Wildman–Crippen LogP) is 5.77. The molecule has 0 unspecified atom stereocenters. The number of rotatable bonds is 2. The first-order valence-corrected chi connectivity index (χ1v) is 7.25. The van der Waals surface area contributed by atoms with Crippen LogP contribution in [0.1, 0.15) is 25.0 Å². The van der Waals surface area contributed by atoms with Crippen molar-refractivity contribution in [2.45, 2.75) is 26.7 Å². The third-order valence-electron chi connectivity index (χ3n) is 3.87. The Morgan fingerprint density at radius 2 is 1.53 bits per heavy atom. The Morgan fingerprint density at radius 3 is 2.16 bits per heavy atom. The number of benzene rings is 3. The fraction of sp³-hybridized carbons (Fsp3) is 0.222. The molecule has 3 aromatic carbocycles. The molecule has 3 rings (SSSR count). The second kappa shape index (κ2) is 4.86. The van der Waals surface area contributed by atoms with Crippen LogP contribution in [-0.2, 0) is 12.8 Å². The lowest BCUT2D eigenvalue weighted by Gasteiger charge is -2.13. The van der Waals surface area contributed by atoms with E-state index in [1.54, 1.807) is 0 Å². The van der Waals surface area contributed by atoms with Crippen molar-refractivity contribution in [1.29, 1.82) is 0 Å². The first-order chi connectivity index (χ1) is 9.24. The standard InChI is InChI=1S/C18H17Cl/c1-3-12-9-15-10-13-7-5-6-8-14(13)11-17(15)18(19)16(12)4-2/h5-11H,3-4H2,1-2H3. The molecule has 0 aliphatic heterocycles. The molecular weight excluding hydrogens is 252 g/mol. The van der Waals surface area contributed by atoms with Gasteiger partial charge in [-0.15, -0.1) is 0 Å². The van der Waals surface area contributed by atoms with Gasteiger partial charge >= 0.3 is 0 Å². The molecule has 0 N–H and O–H groups in total. The van der Waals surface area contributed by atoms with Gasteiger partial charge in [0.2, 0.25) is 0 Å². The molecule has 1 heteroatoms. The van der Waals surface area contributed by atoms with Gasteiger partial charge in [0.05, 0.1) is 5.02 Å². The monoisotopic (exact) mass is 268 g/mol. The molecule has 3 aromatic rings. The molecule has 0 nitrogen and oxygen atoms in total. The van der Waals surface area contributed by atoms with Crippen molar-refractivity contribution in [2.75, 3.05) is 0 Å². The van der Waals surface area contributed by atoms with Crippen molar-refractivity contribution in [3.63, 3.8) is 0 Å². The maximum absolute atomic E-state index is 6.63. The van der Waals surface area contributed by atoms with Gasteiger partial charge in [-0.05, 0) is 52.3 Å². The normalized spacial score (nSPS) is 11.3. The zero-order valence-corrected chi connectivity index (χ0v) is 12.1. The average Bonchev–Trinajstić information content (AvgIpc) is 2.45. The van der Waals surface area contributed by atoms with E-state index in [-0.39, 0.29) is 0 Å². The minimum atomic E-state index is 0.933. The highest BCUT2D eigenvalue weighted by atomic mass is 35.5. The van der Waals surface area contributed by atoms with Crippen LogP contribution in [-0.4, -0.2) is 0 Å². The SMILES string of the molecule is CCc1cc2cc3ccccc3cc2c(Cl)c1CC. The number of hydrogen-bond donors (Lipinski definition) is 0. The third kappa shape index (κ3) is 2.01. The smallest absolute Gasteiger partial charge is 0.0519 e. The summed E-state index contributed by atoms with van der Waals surface area (Å²) >= 11 is 6.63. The summed E-state index contributed by atoms with van der Waals surface area (Å²) < 4.78 is 0. The van der Waals surface area contributed by atoms with E-state index in [9.17, 15) is 0 Å². The lowest BCUT2D eigenvalue weighted by atomic mass is 9.95. The van der Waals surface area contributed by atoms with Gasteiger partial charge in [0, 0.05) is 5.39 Å². The lowest BCUT2D eigenvalue weighted by Crippen LogP contribution is -1.93. The van der Waals surface area contributed by atoms with E-state index < -0.39 is 0 Å².